The molecule has 0 aromatic carbocycles. The maximum Gasteiger partial charge on any atom is 0.147 e. The highest BCUT2D eigenvalue weighted by Crippen LogP contribution is 2.46. The highest BCUT2D eigenvalue weighted by Gasteiger charge is 2.42. The number of hydrogen-bond donors (Lipinski definition) is 0. The van der Waals surface area contributed by atoms with Crippen molar-refractivity contribution in [1.29, 1.82) is 0 Å². The molecule has 3 fully saturated rings. The summed E-state index contributed by atoms with van der Waals surface area (Å²) in [6.07, 6.45) is 9.71. The number of piperazine rings is 1. The molecule has 1 aromatic heterocycles. The molecule has 2 aliphatic heterocycles. The van der Waals surface area contributed by atoms with Crippen LogP contribution < -0.4 is 0 Å². The molecular weight excluding hydrogens is 286 g/mol. The Labute approximate surface area is 139 Å². The van der Waals surface area contributed by atoms with Crippen LogP contribution in [-0.4, -0.2) is 56.8 Å². The van der Waals surface area contributed by atoms with Crippen LogP contribution in [0.25, 0.3) is 0 Å². The van der Waals surface area contributed by atoms with Crippen LogP contribution in [0.3, 0.4) is 0 Å². The van der Waals surface area contributed by atoms with E-state index < -0.39 is 0 Å². The van der Waals surface area contributed by atoms with Gasteiger partial charge in [0.2, 0.25) is 0 Å². The molecule has 3 atom stereocenters. The van der Waals surface area contributed by atoms with Crippen LogP contribution in [0.15, 0.2) is 0 Å². The van der Waals surface area contributed by atoms with Gasteiger partial charge in [-0.15, -0.1) is 10.2 Å². The molecule has 23 heavy (non-hydrogen) atoms. The highest BCUT2D eigenvalue weighted by molar-refractivity contribution is 5.00. The monoisotopic (exact) mass is 315 g/mol. The molecule has 0 amide bonds. The van der Waals surface area contributed by atoms with Crippen LogP contribution in [0.2, 0.25) is 0 Å². The van der Waals surface area contributed by atoms with E-state index in [0.717, 1.165) is 37.4 Å². The summed E-state index contributed by atoms with van der Waals surface area (Å²) >= 11 is 0. The van der Waals surface area contributed by atoms with Crippen molar-refractivity contribution in [2.75, 3.05) is 26.2 Å². The van der Waals surface area contributed by atoms with Crippen molar-refractivity contribution in [3.05, 3.63) is 11.6 Å². The van der Waals surface area contributed by atoms with Gasteiger partial charge < -0.3 is 4.57 Å². The Bertz CT molecular complexity index is 560. The summed E-state index contributed by atoms with van der Waals surface area (Å²) in [6, 6.07) is 0.914. The van der Waals surface area contributed by atoms with Crippen molar-refractivity contribution in [2.24, 2.45) is 11.8 Å². The molecule has 2 aliphatic carbocycles. The van der Waals surface area contributed by atoms with Gasteiger partial charge in [-0.25, -0.2) is 0 Å². The van der Waals surface area contributed by atoms with E-state index in [2.05, 4.69) is 24.6 Å². The first-order valence-corrected chi connectivity index (χ1v) is 9.74. The average Bonchev–Trinajstić information content (AvgIpc) is 3.31. The summed E-state index contributed by atoms with van der Waals surface area (Å²) in [6.45, 7) is 7.05. The first kappa shape index (κ1) is 14.4. The van der Waals surface area contributed by atoms with Crippen molar-refractivity contribution < 1.29 is 0 Å². The fraction of sp³-hybridized carbons (Fsp3) is 0.889. The second kappa shape index (κ2) is 5.85. The standard InChI is InChI=1S/C18H29N5/c1-2-6-23-17(3-1)19-20-18(23)13-21-7-9-22(10-8-21)16-12-14-4-5-15(16)11-14/h14-16H,1-13H2. The maximum atomic E-state index is 4.48. The van der Waals surface area contributed by atoms with E-state index in [-0.39, 0.29) is 0 Å². The number of aryl methyl sites for hydroxylation is 1. The smallest absolute Gasteiger partial charge is 0.147 e. The quantitative estimate of drug-likeness (QED) is 0.854. The lowest BCUT2D eigenvalue weighted by atomic mass is 9.93. The van der Waals surface area contributed by atoms with E-state index >= 15 is 0 Å². The Morgan fingerprint density at radius 3 is 2.61 bits per heavy atom. The molecule has 0 N–H and O–H groups in total. The molecule has 2 saturated carbocycles. The van der Waals surface area contributed by atoms with Gasteiger partial charge in [0.15, 0.2) is 0 Å². The van der Waals surface area contributed by atoms with Crippen LogP contribution >= 0.6 is 0 Å². The Hall–Kier alpha value is -0.940. The molecule has 5 rings (SSSR count). The molecule has 0 spiro atoms. The van der Waals surface area contributed by atoms with Crippen molar-refractivity contribution in [2.45, 2.75) is 64.1 Å². The fourth-order valence-electron chi connectivity index (χ4n) is 5.60. The van der Waals surface area contributed by atoms with Gasteiger partial charge in [-0.05, 0) is 43.9 Å². The van der Waals surface area contributed by atoms with Gasteiger partial charge in [-0.3, -0.25) is 9.80 Å². The van der Waals surface area contributed by atoms with Crippen molar-refractivity contribution in [3.63, 3.8) is 0 Å². The molecule has 3 unspecified atom stereocenters. The lowest BCUT2D eigenvalue weighted by Gasteiger charge is -2.41. The lowest BCUT2D eigenvalue weighted by Crippen LogP contribution is -2.51. The van der Waals surface area contributed by atoms with Gasteiger partial charge in [-0.1, -0.05) is 6.42 Å². The van der Waals surface area contributed by atoms with E-state index in [4.69, 9.17) is 0 Å². The van der Waals surface area contributed by atoms with Gasteiger partial charge >= 0.3 is 0 Å². The predicted molar refractivity (Wildman–Crippen MR) is 89.0 cm³/mol. The van der Waals surface area contributed by atoms with Gasteiger partial charge in [-0.2, -0.15) is 0 Å². The Morgan fingerprint density at radius 2 is 1.83 bits per heavy atom. The maximum absolute atomic E-state index is 4.48. The number of hydrogen-bond acceptors (Lipinski definition) is 4. The largest absolute Gasteiger partial charge is 0.314 e. The fourth-order valence-corrected chi connectivity index (χ4v) is 5.60. The third-order valence-electron chi connectivity index (χ3n) is 6.88. The topological polar surface area (TPSA) is 37.2 Å². The van der Waals surface area contributed by atoms with Gasteiger partial charge in [0.25, 0.3) is 0 Å². The van der Waals surface area contributed by atoms with Crippen LogP contribution in [0, 0.1) is 11.8 Å². The summed E-state index contributed by atoms with van der Waals surface area (Å²) in [4.78, 5) is 5.40. The Balaban J connectivity index is 1.18. The van der Waals surface area contributed by atoms with E-state index in [0.29, 0.717) is 0 Å². The van der Waals surface area contributed by atoms with E-state index in [1.807, 2.05) is 0 Å². The molecule has 3 heterocycles. The lowest BCUT2D eigenvalue weighted by molar-refractivity contribution is 0.0662. The first-order valence-electron chi connectivity index (χ1n) is 9.74. The van der Waals surface area contributed by atoms with Gasteiger partial charge in [0, 0.05) is 45.2 Å². The number of rotatable bonds is 3. The second-order valence-electron chi connectivity index (χ2n) is 8.20. The predicted octanol–water partition coefficient (Wildman–Crippen LogP) is 1.92. The summed E-state index contributed by atoms with van der Waals surface area (Å²) < 4.78 is 2.38. The van der Waals surface area contributed by atoms with Crippen LogP contribution in [0.5, 0.6) is 0 Å². The van der Waals surface area contributed by atoms with E-state index in [1.165, 1.54) is 76.4 Å². The molecular formula is C18H29N5. The van der Waals surface area contributed by atoms with Gasteiger partial charge in [0.05, 0.1) is 6.54 Å². The van der Waals surface area contributed by atoms with Crippen molar-refractivity contribution in [3.8, 4) is 0 Å². The summed E-state index contributed by atoms with van der Waals surface area (Å²) in [5.74, 6) is 4.50. The number of fused-ring (bicyclic) bond motifs is 3. The number of nitrogens with zero attached hydrogens (tertiary/aromatic N) is 5. The molecule has 5 nitrogen and oxygen atoms in total. The molecule has 126 valence electrons. The number of aromatic nitrogens is 3. The zero-order valence-corrected chi connectivity index (χ0v) is 14.2. The summed E-state index contributed by atoms with van der Waals surface area (Å²) in [7, 11) is 0. The zero-order valence-electron chi connectivity index (χ0n) is 14.2. The minimum absolute atomic E-state index is 0.914. The van der Waals surface area contributed by atoms with E-state index in [1.54, 1.807) is 0 Å². The minimum atomic E-state index is 0.914. The first-order chi connectivity index (χ1) is 11.4. The van der Waals surface area contributed by atoms with Crippen molar-refractivity contribution >= 4 is 0 Å². The average molecular weight is 315 g/mol. The zero-order chi connectivity index (χ0) is 15.2. The summed E-state index contributed by atoms with van der Waals surface area (Å²) in [5.41, 5.74) is 0. The molecule has 1 saturated heterocycles. The molecule has 2 bridgehead atoms. The molecule has 5 heteroatoms. The SMILES string of the molecule is C1CCn2c(nnc2CN2CCN(C3CC4CCC3C4)CC2)C1. The Morgan fingerprint density at radius 1 is 0.913 bits per heavy atom. The molecule has 4 aliphatic rings. The highest BCUT2D eigenvalue weighted by atomic mass is 15.3. The third-order valence-corrected chi connectivity index (χ3v) is 6.88. The van der Waals surface area contributed by atoms with E-state index in [9.17, 15) is 0 Å². The van der Waals surface area contributed by atoms with Crippen LogP contribution in [-0.2, 0) is 19.5 Å². The van der Waals surface area contributed by atoms with Gasteiger partial charge in [0.1, 0.15) is 11.6 Å². The van der Waals surface area contributed by atoms with Crippen molar-refractivity contribution in [1.82, 2.24) is 24.6 Å². The van der Waals surface area contributed by atoms with Crippen LogP contribution in [0.4, 0.5) is 0 Å². The minimum Gasteiger partial charge on any atom is -0.314 e. The summed E-state index contributed by atoms with van der Waals surface area (Å²) in [5, 5.41) is 8.88. The Kier molecular flexibility index (Phi) is 3.66. The van der Waals surface area contributed by atoms with Crippen LogP contribution in [0.1, 0.15) is 50.2 Å². The third kappa shape index (κ3) is 2.62. The second-order valence-corrected chi connectivity index (χ2v) is 8.20. The normalized spacial score (nSPS) is 34.9. The molecule has 1 aromatic rings. The molecule has 0 radical (unpaired) electrons.